The lowest BCUT2D eigenvalue weighted by Crippen LogP contribution is -2.40. The zero-order chi connectivity index (χ0) is 20.7. The van der Waals surface area contributed by atoms with Crippen LogP contribution in [0.5, 0.6) is 0 Å². The largest absolute Gasteiger partial charge is 0.346 e. The quantitative estimate of drug-likeness (QED) is 0.529. The van der Waals surface area contributed by atoms with Gasteiger partial charge in [-0.25, -0.2) is 4.98 Å². The van der Waals surface area contributed by atoms with E-state index in [1.807, 2.05) is 6.20 Å². The first-order valence-corrected chi connectivity index (χ1v) is 11.0. The van der Waals surface area contributed by atoms with Crippen molar-refractivity contribution in [2.45, 2.75) is 32.5 Å². The van der Waals surface area contributed by atoms with Crippen LogP contribution in [0.4, 0.5) is 0 Å². The third-order valence-corrected chi connectivity index (χ3v) is 6.55. The molecular weight excluding hydrogens is 370 g/mol. The summed E-state index contributed by atoms with van der Waals surface area (Å²) in [5, 5.41) is 2.51. The van der Waals surface area contributed by atoms with Crippen LogP contribution in [0.25, 0.3) is 21.9 Å². The summed E-state index contributed by atoms with van der Waals surface area (Å²) in [6, 6.07) is 13.5. The minimum atomic E-state index is 0.465. The van der Waals surface area contributed by atoms with Crippen LogP contribution in [0.1, 0.15) is 30.5 Å². The fourth-order valence-electron chi connectivity index (χ4n) is 5.00. The molecule has 1 saturated heterocycles. The number of benzene rings is 1. The van der Waals surface area contributed by atoms with Crippen molar-refractivity contribution in [1.82, 2.24) is 24.3 Å². The van der Waals surface area contributed by atoms with Gasteiger partial charge in [-0.2, -0.15) is 0 Å². The van der Waals surface area contributed by atoms with Crippen molar-refractivity contribution < 1.29 is 0 Å². The van der Waals surface area contributed by atoms with Crippen LogP contribution in [-0.2, 0) is 13.1 Å². The maximum atomic E-state index is 4.69. The Bertz CT molecular complexity index is 1140. The fourth-order valence-corrected chi connectivity index (χ4v) is 5.00. The first-order chi connectivity index (χ1) is 14.6. The van der Waals surface area contributed by atoms with Gasteiger partial charge in [0.1, 0.15) is 5.65 Å². The number of likely N-dealkylation sites (tertiary alicyclic amines) is 1. The van der Waals surface area contributed by atoms with Gasteiger partial charge in [0, 0.05) is 55.0 Å². The molecule has 1 aromatic carbocycles. The molecule has 4 aromatic rings. The van der Waals surface area contributed by atoms with Gasteiger partial charge in [0.25, 0.3) is 0 Å². The predicted molar refractivity (Wildman–Crippen MR) is 124 cm³/mol. The van der Waals surface area contributed by atoms with Crippen LogP contribution in [0.2, 0.25) is 0 Å². The molecule has 4 heterocycles. The Morgan fingerprint density at radius 2 is 2.00 bits per heavy atom. The molecule has 0 saturated carbocycles. The van der Waals surface area contributed by atoms with E-state index in [4.69, 9.17) is 0 Å². The molecule has 30 heavy (non-hydrogen) atoms. The zero-order valence-electron chi connectivity index (χ0n) is 18.2. The van der Waals surface area contributed by atoms with E-state index in [1.165, 1.54) is 40.4 Å². The molecular formula is C25H31N5. The fraction of sp³-hybridized carbons (Fsp3) is 0.400. The second kappa shape index (κ2) is 7.89. The van der Waals surface area contributed by atoms with Crippen LogP contribution in [0, 0.1) is 5.92 Å². The highest BCUT2D eigenvalue weighted by Gasteiger charge is 2.29. The summed E-state index contributed by atoms with van der Waals surface area (Å²) < 4.78 is 2.54. The lowest BCUT2D eigenvalue weighted by Gasteiger charge is -2.38. The average molecular weight is 402 g/mol. The molecule has 1 aliphatic heterocycles. The van der Waals surface area contributed by atoms with Crippen molar-refractivity contribution in [3.05, 3.63) is 66.1 Å². The number of hydrogen-bond donors (Lipinski definition) is 1. The van der Waals surface area contributed by atoms with Gasteiger partial charge in [-0.3, -0.25) is 4.90 Å². The summed E-state index contributed by atoms with van der Waals surface area (Å²) in [4.78, 5) is 12.9. The van der Waals surface area contributed by atoms with Crippen molar-refractivity contribution in [1.29, 1.82) is 0 Å². The minimum absolute atomic E-state index is 0.465. The van der Waals surface area contributed by atoms with Gasteiger partial charge < -0.3 is 14.5 Å². The standard InChI is InChI=1S/C25H31N5/c1-18-9-11-29(15-19-7-5-4-6-8-19)17-22(18)30-12-10-20-13-26-25-23(24(20)30)21(14-27-25)16-28(2)3/h4-8,10,12-14,18,22H,9,11,15-17H2,1-3H3,(H,26,27)/t18-,22+/m1/s1. The topological polar surface area (TPSA) is 40.1 Å². The first kappa shape index (κ1) is 19.3. The third-order valence-electron chi connectivity index (χ3n) is 6.55. The van der Waals surface area contributed by atoms with Crippen molar-refractivity contribution in [2.24, 2.45) is 5.92 Å². The number of rotatable bonds is 5. The van der Waals surface area contributed by atoms with Gasteiger partial charge in [-0.15, -0.1) is 0 Å². The van der Waals surface area contributed by atoms with E-state index in [1.54, 1.807) is 0 Å². The van der Waals surface area contributed by atoms with E-state index in [0.717, 1.165) is 25.3 Å². The van der Waals surface area contributed by atoms with Crippen molar-refractivity contribution in [3.8, 4) is 0 Å². The second-order valence-electron chi connectivity index (χ2n) is 9.11. The molecule has 156 valence electrons. The predicted octanol–water partition coefficient (Wildman–Crippen LogP) is 4.66. The number of hydrogen-bond acceptors (Lipinski definition) is 3. The number of H-pyrrole nitrogens is 1. The van der Waals surface area contributed by atoms with Crippen LogP contribution in [0.3, 0.4) is 0 Å². The molecule has 2 atom stereocenters. The molecule has 0 aliphatic carbocycles. The Labute approximate surface area is 178 Å². The Morgan fingerprint density at radius 1 is 1.17 bits per heavy atom. The number of nitrogens with zero attached hydrogens (tertiary/aromatic N) is 4. The summed E-state index contributed by atoms with van der Waals surface area (Å²) in [6.07, 6.45) is 7.65. The highest BCUT2D eigenvalue weighted by molar-refractivity contribution is 6.04. The van der Waals surface area contributed by atoms with E-state index in [2.05, 4.69) is 94.1 Å². The molecule has 0 amide bonds. The Balaban J connectivity index is 1.53. The SMILES string of the molecule is C[C@@H]1CCN(Cc2ccccc2)C[C@@H]1n1ccc2cnc3[nH]cc(CN(C)C)c3c21. The molecule has 0 spiro atoms. The van der Waals surface area contributed by atoms with Crippen LogP contribution < -0.4 is 0 Å². The highest BCUT2D eigenvalue weighted by atomic mass is 15.2. The van der Waals surface area contributed by atoms with E-state index in [-0.39, 0.29) is 0 Å². The monoisotopic (exact) mass is 401 g/mol. The van der Waals surface area contributed by atoms with Crippen molar-refractivity contribution in [3.63, 3.8) is 0 Å². The highest BCUT2D eigenvalue weighted by Crippen LogP contribution is 2.35. The Morgan fingerprint density at radius 3 is 2.80 bits per heavy atom. The number of fused-ring (bicyclic) bond motifs is 3. The third kappa shape index (κ3) is 3.53. The summed E-state index contributed by atoms with van der Waals surface area (Å²) in [5.41, 5.74) is 5.03. The molecule has 5 heteroatoms. The minimum Gasteiger partial charge on any atom is -0.346 e. The number of aromatic nitrogens is 3. The lowest BCUT2D eigenvalue weighted by molar-refractivity contribution is 0.129. The summed E-state index contributed by atoms with van der Waals surface area (Å²) >= 11 is 0. The van der Waals surface area contributed by atoms with Gasteiger partial charge in [-0.1, -0.05) is 37.3 Å². The molecule has 1 N–H and O–H groups in total. The number of aromatic amines is 1. The summed E-state index contributed by atoms with van der Waals surface area (Å²) in [7, 11) is 4.24. The summed E-state index contributed by atoms with van der Waals surface area (Å²) in [5.74, 6) is 0.645. The molecule has 0 bridgehead atoms. The lowest BCUT2D eigenvalue weighted by atomic mass is 9.92. The van der Waals surface area contributed by atoms with E-state index in [9.17, 15) is 0 Å². The number of pyridine rings is 1. The Hall–Kier alpha value is -2.63. The normalized spacial score (nSPS) is 20.5. The smallest absolute Gasteiger partial charge is 0.139 e. The van der Waals surface area contributed by atoms with Gasteiger partial charge in [0.2, 0.25) is 0 Å². The van der Waals surface area contributed by atoms with Crippen LogP contribution >= 0.6 is 0 Å². The van der Waals surface area contributed by atoms with Gasteiger partial charge in [-0.05, 0) is 50.2 Å². The van der Waals surface area contributed by atoms with Crippen LogP contribution in [-0.4, -0.2) is 51.5 Å². The first-order valence-electron chi connectivity index (χ1n) is 11.0. The molecule has 1 aliphatic rings. The second-order valence-corrected chi connectivity index (χ2v) is 9.11. The molecule has 3 aromatic heterocycles. The summed E-state index contributed by atoms with van der Waals surface area (Å²) in [6.45, 7) is 6.59. The Kier molecular flexibility index (Phi) is 5.09. The van der Waals surface area contributed by atoms with E-state index in [0.29, 0.717) is 12.0 Å². The van der Waals surface area contributed by atoms with Crippen LogP contribution in [0.15, 0.2) is 55.0 Å². The molecule has 5 rings (SSSR count). The maximum absolute atomic E-state index is 4.69. The van der Waals surface area contributed by atoms with Crippen molar-refractivity contribution >= 4 is 21.9 Å². The molecule has 5 nitrogen and oxygen atoms in total. The van der Waals surface area contributed by atoms with E-state index >= 15 is 0 Å². The average Bonchev–Trinajstić information content (AvgIpc) is 3.34. The molecule has 0 unspecified atom stereocenters. The van der Waals surface area contributed by atoms with Crippen molar-refractivity contribution in [2.75, 3.05) is 27.2 Å². The van der Waals surface area contributed by atoms with E-state index < -0.39 is 0 Å². The van der Waals surface area contributed by atoms with Gasteiger partial charge >= 0.3 is 0 Å². The number of piperidine rings is 1. The van der Waals surface area contributed by atoms with Gasteiger partial charge in [0.15, 0.2) is 0 Å². The maximum Gasteiger partial charge on any atom is 0.139 e. The molecule has 1 fully saturated rings. The molecule has 0 radical (unpaired) electrons. The van der Waals surface area contributed by atoms with Gasteiger partial charge in [0.05, 0.1) is 5.52 Å². The zero-order valence-corrected chi connectivity index (χ0v) is 18.2. The number of nitrogens with one attached hydrogen (secondary N) is 1.